The number of aromatic nitrogens is 2. The van der Waals surface area contributed by atoms with Crippen molar-refractivity contribution in [3.63, 3.8) is 0 Å². The molecule has 0 saturated carbocycles. The van der Waals surface area contributed by atoms with Crippen LogP contribution >= 0.6 is 15.9 Å². The predicted molar refractivity (Wildman–Crippen MR) is 70.2 cm³/mol. The molecule has 1 aliphatic heterocycles. The zero-order valence-corrected chi connectivity index (χ0v) is 11.7. The van der Waals surface area contributed by atoms with Crippen LogP contribution in [0.3, 0.4) is 0 Å². The molecule has 0 aromatic carbocycles. The Morgan fingerprint density at radius 3 is 3.18 bits per heavy atom. The van der Waals surface area contributed by atoms with Crippen LogP contribution in [-0.2, 0) is 6.54 Å². The van der Waals surface area contributed by atoms with Gasteiger partial charge in [0.2, 0.25) is 0 Å². The minimum absolute atomic E-state index is 0.183. The normalized spacial score (nSPS) is 19.8. The van der Waals surface area contributed by atoms with E-state index >= 15 is 0 Å². The van der Waals surface area contributed by atoms with Gasteiger partial charge in [-0.25, -0.2) is 0 Å². The van der Waals surface area contributed by atoms with Crippen molar-refractivity contribution < 1.29 is 4.79 Å². The van der Waals surface area contributed by atoms with Crippen molar-refractivity contribution in [3.05, 3.63) is 16.4 Å². The van der Waals surface area contributed by atoms with Gasteiger partial charge in [0.15, 0.2) is 5.78 Å². The van der Waals surface area contributed by atoms with Crippen LogP contribution in [0.5, 0.6) is 0 Å². The number of halogens is 1. The number of Topliss-reactive ketones (excluding diaryl/α,β-unsaturated/α-hetero) is 1. The molecule has 4 nitrogen and oxygen atoms in total. The number of nitrogens with zero attached hydrogens (tertiary/aromatic N) is 2. The van der Waals surface area contributed by atoms with Crippen molar-refractivity contribution in [1.82, 2.24) is 15.1 Å². The summed E-state index contributed by atoms with van der Waals surface area (Å²) < 4.78 is 2.62. The van der Waals surface area contributed by atoms with Gasteiger partial charge in [0.1, 0.15) is 5.69 Å². The average molecular weight is 300 g/mol. The van der Waals surface area contributed by atoms with E-state index in [0.717, 1.165) is 36.1 Å². The van der Waals surface area contributed by atoms with E-state index in [9.17, 15) is 4.79 Å². The van der Waals surface area contributed by atoms with Gasteiger partial charge in [-0.3, -0.25) is 9.48 Å². The van der Waals surface area contributed by atoms with Gasteiger partial charge in [-0.1, -0.05) is 6.92 Å². The molecule has 1 saturated heterocycles. The van der Waals surface area contributed by atoms with Crippen molar-refractivity contribution in [1.29, 1.82) is 0 Å². The fourth-order valence-corrected chi connectivity index (χ4v) is 2.79. The van der Waals surface area contributed by atoms with Crippen molar-refractivity contribution >= 4 is 21.7 Å². The Morgan fingerprint density at radius 1 is 1.71 bits per heavy atom. The van der Waals surface area contributed by atoms with E-state index < -0.39 is 0 Å². The second-order valence-electron chi connectivity index (χ2n) is 4.48. The van der Waals surface area contributed by atoms with Crippen LogP contribution in [0.25, 0.3) is 0 Å². The van der Waals surface area contributed by atoms with E-state index in [1.54, 1.807) is 10.9 Å². The van der Waals surface area contributed by atoms with Crippen LogP contribution in [-0.4, -0.2) is 28.2 Å². The number of hydrogen-bond acceptors (Lipinski definition) is 3. The summed E-state index contributed by atoms with van der Waals surface area (Å²) in [6, 6.07) is 0.347. The Kier molecular flexibility index (Phi) is 4.34. The van der Waals surface area contributed by atoms with Gasteiger partial charge in [-0.2, -0.15) is 5.10 Å². The standard InChI is InChI=1S/C12H18BrN3O/c1-2-6-16-12(10(13)8-15-16)11(17)7-9-4-3-5-14-9/h8-9,14H,2-7H2,1H3. The van der Waals surface area contributed by atoms with E-state index in [4.69, 9.17) is 0 Å². The molecular formula is C12H18BrN3O. The van der Waals surface area contributed by atoms with Crippen LogP contribution in [0.15, 0.2) is 10.7 Å². The molecule has 1 unspecified atom stereocenters. The minimum Gasteiger partial charge on any atom is -0.314 e. The Hall–Kier alpha value is -0.680. The minimum atomic E-state index is 0.183. The Bertz CT molecular complexity index is 396. The number of carbonyl (C=O) groups excluding carboxylic acids is 1. The summed E-state index contributed by atoms with van der Waals surface area (Å²) in [4.78, 5) is 12.2. The Labute approximate surface area is 110 Å². The summed E-state index contributed by atoms with van der Waals surface area (Å²) in [5, 5.41) is 7.58. The first kappa shape index (κ1) is 12.8. The molecule has 0 spiro atoms. The molecular weight excluding hydrogens is 282 g/mol. The quantitative estimate of drug-likeness (QED) is 0.849. The number of ketones is 1. The van der Waals surface area contributed by atoms with Gasteiger partial charge >= 0.3 is 0 Å². The zero-order valence-electron chi connectivity index (χ0n) is 10.1. The molecule has 0 radical (unpaired) electrons. The van der Waals surface area contributed by atoms with Crippen LogP contribution in [0.4, 0.5) is 0 Å². The maximum absolute atomic E-state index is 12.2. The lowest BCUT2D eigenvalue weighted by atomic mass is 10.1. The van der Waals surface area contributed by atoms with Crippen LogP contribution in [0, 0.1) is 0 Å². The summed E-state index contributed by atoms with van der Waals surface area (Å²) in [5.74, 6) is 0.183. The molecule has 1 aliphatic rings. The van der Waals surface area contributed by atoms with E-state index in [1.165, 1.54) is 6.42 Å². The van der Waals surface area contributed by atoms with E-state index in [0.29, 0.717) is 12.5 Å². The molecule has 94 valence electrons. The second-order valence-corrected chi connectivity index (χ2v) is 5.34. The Balaban J connectivity index is 2.09. The number of carbonyl (C=O) groups is 1. The second kappa shape index (κ2) is 5.78. The number of hydrogen-bond donors (Lipinski definition) is 1. The van der Waals surface area contributed by atoms with Gasteiger partial charge in [0, 0.05) is 19.0 Å². The van der Waals surface area contributed by atoms with E-state index in [-0.39, 0.29) is 5.78 Å². The summed E-state index contributed by atoms with van der Waals surface area (Å²) in [6.45, 7) is 3.92. The molecule has 1 aromatic heterocycles. The van der Waals surface area contributed by atoms with Crippen molar-refractivity contribution in [2.24, 2.45) is 0 Å². The van der Waals surface area contributed by atoms with Gasteiger partial charge in [-0.15, -0.1) is 0 Å². The first-order valence-electron chi connectivity index (χ1n) is 6.20. The molecule has 0 bridgehead atoms. The lowest BCUT2D eigenvalue weighted by Gasteiger charge is -2.10. The summed E-state index contributed by atoms with van der Waals surface area (Å²) in [5.41, 5.74) is 0.723. The number of nitrogens with one attached hydrogen (secondary N) is 1. The first-order chi connectivity index (χ1) is 8.22. The molecule has 0 aliphatic carbocycles. The number of rotatable bonds is 5. The molecule has 0 amide bonds. The van der Waals surface area contributed by atoms with Crippen LogP contribution < -0.4 is 5.32 Å². The third-order valence-electron chi connectivity index (χ3n) is 3.09. The molecule has 1 aromatic rings. The molecule has 2 heterocycles. The summed E-state index contributed by atoms with van der Waals surface area (Å²) >= 11 is 3.41. The number of aryl methyl sites for hydroxylation is 1. The highest BCUT2D eigenvalue weighted by atomic mass is 79.9. The first-order valence-corrected chi connectivity index (χ1v) is 6.99. The van der Waals surface area contributed by atoms with E-state index in [1.807, 2.05) is 0 Å². The molecule has 5 heteroatoms. The molecule has 1 N–H and O–H groups in total. The maximum Gasteiger partial charge on any atom is 0.183 e. The molecule has 2 rings (SSSR count). The highest BCUT2D eigenvalue weighted by Gasteiger charge is 2.22. The zero-order chi connectivity index (χ0) is 12.3. The van der Waals surface area contributed by atoms with Crippen LogP contribution in [0.1, 0.15) is 43.1 Å². The molecule has 17 heavy (non-hydrogen) atoms. The smallest absolute Gasteiger partial charge is 0.183 e. The summed E-state index contributed by atoms with van der Waals surface area (Å²) in [7, 11) is 0. The lowest BCUT2D eigenvalue weighted by molar-refractivity contribution is 0.0960. The van der Waals surface area contributed by atoms with Crippen molar-refractivity contribution in [3.8, 4) is 0 Å². The van der Waals surface area contributed by atoms with Gasteiger partial charge in [0.05, 0.1) is 10.7 Å². The fourth-order valence-electron chi connectivity index (χ4n) is 2.27. The maximum atomic E-state index is 12.2. The SMILES string of the molecule is CCCn1ncc(Br)c1C(=O)CC1CCCN1. The monoisotopic (exact) mass is 299 g/mol. The predicted octanol–water partition coefficient (Wildman–Crippen LogP) is 2.38. The van der Waals surface area contributed by atoms with Crippen molar-refractivity contribution in [2.45, 2.75) is 45.2 Å². The highest BCUT2D eigenvalue weighted by molar-refractivity contribution is 9.10. The summed E-state index contributed by atoms with van der Waals surface area (Å²) in [6.07, 6.45) is 5.55. The molecule has 1 atom stereocenters. The van der Waals surface area contributed by atoms with Gasteiger partial charge in [0.25, 0.3) is 0 Å². The molecule has 1 fully saturated rings. The van der Waals surface area contributed by atoms with Gasteiger partial charge < -0.3 is 5.32 Å². The topological polar surface area (TPSA) is 46.9 Å². The average Bonchev–Trinajstić information content (AvgIpc) is 2.89. The third kappa shape index (κ3) is 2.96. The van der Waals surface area contributed by atoms with E-state index in [2.05, 4.69) is 33.3 Å². The Morgan fingerprint density at radius 2 is 2.53 bits per heavy atom. The third-order valence-corrected chi connectivity index (χ3v) is 3.67. The fraction of sp³-hybridized carbons (Fsp3) is 0.667. The van der Waals surface area contributed by atoms with Crippen molar-refractivity contribution in [2.75, 3.05) is 6.54 Å². The van der Waals surface area contributed by atoms with Gasteiger partial charge in [-0.05, 0) is 41.7 Å². The van der Waals surface area contributed by atoms with Crippen LogP contribution in [0.2, 0.25) is 0 Å². The highest BCUT2D eigenvalue weighted by Crippen LogP contribution is 2.20. The lowest BCUT2D eigenvalue weighted by Crippen LogP contribution is -2.25. The largest absolute Gasteiger partial charge is 0.314 e.